The minimum atomic E-state index is -0.691. The molecule has 4 aromatic rings. The van der Waals surface area contributed by atoms with Crippen molar-refractivity contribution >= 4 is 11.2 Å². The van der Waals surface area contributed by atoms with Gasteiger partial charge in [0, 0.05) is 11.8 Å². The van der Waals surface area contributed by atoms with E-state index < -0.39 is 6.10 Å². The zero-order valence-corrected chi connectivity index (χ0v) is 16.7. The molecule has 0 saturated heterocycles. The smallest absolute Gasteiger partial charge is 0.225 e. The topological polar surface area (TPSA) is 59.2 Å². The van der Waals surface area contributed by atoms with Gasteiger partial charge in [-0.1, -0.05) is 73.0 Å². The Balaban J connectivity index is 1.35. The monoisotopic (exact) mass is 386 g/mol. The van der Waals surface area contributed by atoms with Gasteiger partial charge in [0.05, 0.1) is 0 Å². The van der Waals surface area contributed by atoms with Crippen molar-refractivity contribution < 1.29 is 9.52 Å². The molecule has 0 aliphatic heterocycles. The van der Waals surface area contributed by atoms with Gasteiger partial charge in [-0.15, -0.1) is 0 Å². The number of aromatic nitrogens is 2. The second kappa shape index (κ2) is 9.01. The molecule has 1 N–H and O–H groups in total. The van der Waals surface area contributed by atoms with E-state index in [9.17, 15) is 5.11 Å². The molecule has 0 aliphatic rings. The molecule has 0 saturated carbocycles. The molecule has 0 amide bonds. The van der Waals surface area contributed by atoms with Gasteiger partial charge in [0.2, 0.25) is 5.89 Å². The maximum absolute atomic E-state index is 10.5. The molecule has 4 nitrogen and oxygen atoms in total. The molecule has 29 heavy (non-hydrogen) atoms. The lowest BCUT2D eigenvalue weighted by Crippen LogP contribution is -1.98. The summed E-state index contributed by atoms with van der Waals surface area (Å²) in [5, 5.41) is 10.5. The van der Waals surface area contributed by atoms with Crippen LogP contribution in [-0.2, 0) is 6.42 Å². The highest BCUT2D eigenvalue weighted by Gasteiger charge is 2.16. The Morgan fingerprint density at radius 1 is 0.931 bits per heavy atom. The van der Waals surface area contributed by atoms with Crippen LogP contribution in [0, 0.1) is 6.92 Å². The molecule has 2 heterocycles. The number of rotatable bonds is 8. The highest BCUT2D eigenvalue weighted by Crippen LogP contribution is 2.27. The molecule has 0 bridgehead atoms. The summed E-state index contributed by atoms with van der Waals surface area (Å²) in [4.78, 5) is 8.80. The summed E-state index contributed by atoms with van der Waals surface area (Å²) in [6.45, 7) is 2.07. The van der Waals surface area contributed by atoms with E-state index in [-0.39, 0.29) is 0 Å². The SMILES string of the molecule is Cc1cccc(-c2cnc3nc(C(O)CCCCCc4ccccc4)oc3c2)c1. The molecule has 2 aromatic heterocycles. The van der Waals surface area contributed by atoms with Crippen LogP contribution in [0.15, 0.2) is 71.3 Å². The number of oxazole rings is 1. The van der Waals surface area contributed by atoms with E-state index >= 15 is 0 Å². The quantitative estimate of drug-likeness (QED) is 0.375. The number of hydrogen-bond acceptors (Lipinski definition) is 4. The van der Waals surface area contributed by atoms with Gasteiger partial charge in [-0.25, -0.2) is 4.98 Å². The van der Waals surface area contributed by atoms with E-state index in [0.29, 0.717) is 23.5 Å². The highest BCUT2D eigenvalue weighted by atomic mass is 16.4. The zero-order chi connectivity index (χ0) is 20.1. The minimum absolute atomic E-state index is 0.358. The van der Waals surface area contributed by atoms with Crippen LogP contribution in [0.2, 0.25) is 0 Å². The van der Waals surface area contributed by atoms with E-state index in [0.717, 1.165) is 36.8 Å². The van der Waals surface area contributed by atoms with Crippen LogP contribution in [-0.4, -0.2) is 15.1 Å². The summed E-state index contributed by atoms with van der Waals surface area (Å²) < 4.78 is 5.82. The van der Waals surface area contributed by atoms with E-state index in [1.807, 2.05) is 18.2 Å². The van der Waals surface area contributed by atoms with E-state index in [1.54, 1.807) is 6.20 Å². The minimum Gasteiger partial charge on any atom is -0.436 e. The second-order valence-corrected chi connectivity index (χ2v) is 7.57. The fourth-order valence-electron chi connectivity index (χ4n) is 3.57. The van der Waals surface area contributed by atoms with Gasteiger partial charge < -0.3 is 9.52 Å². The number of nitrogens with zero attached hydrogens (tertiary/aromatic N) is 2. The Hall–Kier alpha value is -2.98. The Labute approximate surface area is 171 Å². The first-order chi connectivity index (χ1) is 14.2. The number of aryl methyl sites for hydroxylation is 2. The largest absolute Gasteiger partial charge is 0.436 e. The summed E-state index contributed by atoms with van der Waals surface area (Å²) in [7, 11) is 0. The molecule has 4 heteroatoms. The second-order valence-electron chi connectivity index (χ2n) is 7.57. The predicted molar refractivity (Wildman–Crippen MR) is 116 cm³/mol. The predicted octanol–water partition coefficient (Wildman–Crippen LogP) is 6.03. The average Bonchev–Trinajstić information content (AvgIpc) is 3.18. The standard InChI is InChI=1S/C25H26N2O2/c1-18-9-8-13-20(15-18)21-16-23-24(26-17-21)27-25(29-23)22(28)14-7-3-6-12-19-10-4-2-5-11-19/h2,4-5,8-11,13,15-17,22,28H,3,6-7,12,14H2,1H3. The number of aliphatic hydroxyl groups excluding tert-OH is 1. The lowest BCUT2D eigenvalue weighted by molar-refractivity contribution is 0.133. The van der Waals surface area contributed by atoms with Crippen molar-refractivity contribution in [1.29, 1.82) is 0 Å². The maximum Gasteiger partial charge on any atom is 0.225 e. The summed E-state index contributed by atoms with van der Waals surface area (Å²) in [5.74, 6) is 0.358. The summed E-state index contributed by atoms with van der Waals surface area (Å²) >= 11 is 0. The van der Waals surface area contributed by atoms with Crippen LogP contribution in [0.5, 0.6) is 0 Å². The Morgan fingerprint density at radius 2 is 1.79 bits per heavy atom. The number of benzene rings is 2. The summed E-state index contributed by atoms with van der Waals surface area (Å²) in [5.41, 5.74) is 5.79. The van der Waals surface area contributed by atoms with Crippen molar-refractivity contribution in [3.63, 3.8) is 0 Å². The van der Waals surface area contributed by atoms with Crippen LogP contribution in [0.3, 0.4) is 0 Å². The molecule has 0 aliphatic carbocycles. The summed E-state index contributed by atoms with van der Waals surface area (Å²) in [6, 6.07) is 20.7. The molecule has 0 fully saturated rings. The fraction of sp³-hybridized carbons (Fsp3) is 0.280. The van der Waals surface area contributed by atoms with Gasteiger partial charge in [-0.2, -0.15) is 4.98 Å². The number of hydrogen-bond donors (Lipinski definition) is 1. The number of pyridine rings is 1. The Bertz CT molecular complexity index is 1070. The third kappa shape index (κ3) is 4.90. The molecule has 148 valence electrons. The summed E-state index contributed by atoms with van der Waals surface area (Å²) in [6.07, 6.45) is 5.96. The third-order valence-electron chi connectivity index (χ3n) is 5.19. The van der Waals surface area contributed by atoms with Crippen molar-refractivity contribution in [3.8, 4) is 11.1 Å². The van der Waals surface area contributed by atoms with Crippen LogP contribution in [0.4, 0.5) is 0 Å². The lowest BCUT2D eigenvalue weighted by atomic mass is 10.0. The molecule has 1 unspecified atom stereocenters. The molecular formula is C25H26N2O2. The van der Waals surface area contributed by atoms with Crippen molar-refractivity contribution in [2.45, 2.75) is 45.1 Å². The van der Waals surface area contributed by atoms with Crippen molar-refractivity contribution in [1.82, 2.24) is 9.97 Å². The van der Waals surface area contributed by atoms with Gasteiger partial charge in [-0.05, 0) is 43.4 Å². The van der Waals surface area contributed by atoms with Crippen LogP contribution < -0.4 is 0 Å². The molecule has 0 spiro atoms. The van der Waals surface area contributed by atoms with Crippen LogP contribution >= 0.6 is 0 Å². The van der Waals surface area contributed by atoms with Crippen LogP contribution in [0.1, 0.15) is 48.8 Å². The Kier molecular flexibility index (Phi) is 6.01. The van der Waals surface area contributed by atoms with Gasteiger partial charge >= 0.3 is 0 Å². The number of unbranched alkanes of at least 4 members (excludes halogenated alkanes) is 2. The average molecular weight is 386 g/mol. The first-order valence-corrected chi connectivity index (χ1v) is 10.2. The number of aliphatic hydroxyl groups is 1. The molecule has 2 aromatic carbocycles. The van der Waals surface area contributed by atoms with E-state index in [4.69, 9.17) is 4.42 Å². The van der Waals surface area contributed by atoms with Gasteiger partial charge in [0.25, 0.3) is 0 Å². The Morgan fingerprint density at radius 3 is 2.62 bits per heavy atom. The maximum atomic E-state index is 10.5. The van der Waals surface area contributed by atoms with Crippen molar-refractivity contribution in [3.05, 3.63) is 83.9 Å². The lowest BCUT2D eigenvalue weighted by Gasteiger charge is -2.06. The van der Waals surface area contributed by atoms with Crippen LogP contribution in [0.25, 0.3) is 22.4 Å². The normalized spacial score (nSPS) is 12.3. The van der Waals surface area contributed by atoms with E-state index in [2.05, 4.69) is 59.4 Å². The first-order valence-electron chi connectivity index (χ1n) is 10.2. The van der Waals surface area contributed by atoms with Gasteiger partial charge in [0.15, 0.2) is 11.2 Å². The third-order valence-corrected chi connectivity index (χ3v) is 5.19. The molecule has 4 rings (SSSR count). The van der Waals surface area contributed by atoms with Crippen molar-refractivity contribution in [2.75, 3.05) is 0 Å². The number of fused-ring (bicyclic) bond motifs is 1. The van der Waals surface area contributed by atoms with Gasteiger partial charge in [-0.3, -0.25) is 0 Å². The molecule has 1 atom stereocenters. The fourth-order valence-corrected chi connectivity index (χ4v) is 3.57. The van der Waals surface area contributed by atoms with Gasteiger partial charge in [0.1, 0.15) is 6.10 Å². The molecular weight excluding hydrogens is 360 g/mol. The van der Waals surface area contributed by atoms with Crippen molar-refractivity contribution in [2.24, 2.45) is 0 Å². The first kappa shape index (κ1) is 19.3. The highest BCUT2D eigenvalue weighted by molar-refractivity contribution is 5.76. The van der Waals surface area contributed by atoms with E-state index in [1.165, 1.54) is 11.1 Å². The molecule has 0 radical (unpaired) electrons. The zero-order valence-electron chi connectivity index (χ0n) is 16.7.